The van der Waals surface area contributed by atoms with E-state index in [4.69, 9.17) is 5.73 Å². The van der Waals surface area contributed by atoms with E-state index in [1.165, 1.54) is 38.8 Å². The molecule has 2 N–H and O–H groups in total. The topological polar surface area (TPSA) is 29.3 Å². The summed E-state index contributed by atoms with van der Waals surface area (Å²) in [6.45, 7) is 8.14. The molecule has 1 saturated carbocycles. The van der Waals surface area contributed by atoms with E-state index < -0.39 is 0 Å². The van der Waals surface area contributed by atoms with Crippen molar-refractivity contribution in [2.24, 2.45) is 17.1 Å². The molecule has 2 fully saturated rings. The van der Waals surface area contributed by atoms with Crippen molar-refractivity contribution in [1.82, 2.24) is 4.90 Å². The summed E-state index contributed by atoms with van der Waals surface area (Å²) in [6.07, 6.45) is 5.78. The van der Waals surface area contributed by atoms with Crippen LogP contribution in [0.3, 0.4) is 0 Å². The van der Waals surface area contributed by atoms with Crippen LogP contribution in [0.4, 0.5) is 0 Å². The molecule has 2 aliphatic rings. The van der Waals surface area contributed by atoms with E-state index in [1.54, 1.807) is 0 Å². The van der Waals surface area contributed by atoms with Crippen LogP contribution in [0.5, 0.6) is 0 Å². The van der Waals surface area contributed by atoms with E-state index in [1.807, 2.05) is 0 Å². The molecule has 1 saturated heterocycles. The lowest BCUT2D eigenvalue weighted by Gasteiger charge is -2.39. The van der Waals surface area contributed by atoms with Gasteiger partial charge >= 0.3 is 0 Å². The molecule has 1 spiro atoms. The lowest BCUT2D eigenvalue weighted by Crippen LogP contribution is -2.45. The Morgan fingerprint density at radius 2 is 2.14 bits per heavy atom. The van der Waals surface area contributed by atoms with Gasteiger partial charge in [0.15, 0.2) is 0 Å². The first kappa shape index (κ1) is 10.4. The molecule has 2 atom stereocenters. The van der Waals surface area contributed by atoms with E-state index in [0.29, 0.717) is 6.04 Å². The van der Waals surface area contributed by atoms with Crippen molar-refractivity contribution < 1.29 is 0 Å². The molecule has 2 rings (SSSR count). The molecule has 0 aromatic carbocycles. The standard InChI is InChI=1S/C12H24N2/c1-3-11-9-14(8-10(2)13)7-6-12(11)4-5-12/h10-11H,3-9,13H2,1-2H3. The highest BCUT2D eigenvalue weighted by Gasteiger charge is 2.50. The van der Waals surface area contributed by atoms with Crippen LogP contribution in [-0.4, -0.2) is 30.6 Å². The Balaban J connectivity index is 1.88. The maximum absolute atomic E-state index is 5.85. The Labute approximate surface area is 87.8 Å². The lowest BCUT2D eigenvalue weighted by atomic mass is 9.80. The summed E-state index contributed by atoms with van der Waals surface area (Å²) >= 11 is 0. The molecule has 14 heavy (non-hydrogen) atoms. The van der Waals surface area contributed by atoms with E-state index in [-0.39, 0.29) is 0 Å². The highest BCUT2D eigenvalue weighted by molar-refractivity contribution is 5.02. The van der Waals surface area contributed by atoms with Gasteiger partial charge in [0.1, 0.15) is 0 Å². The predicted molar refractivity (Wildman–Crippen MR) is 60.2 cm³/mol. The number of likely N-dealkylation sites (tertiary alicyclic amines) is 1. The average Bonchev–Trinajstić information content (AvgIpc) is 2.89. The van der Waals surface area contributed by atoms with E-state index in [0.717, 1.165) is 17.9 Å². The van der Waals surface area contributed by atoms with Crippen molar-refractivity contribution in [2.75, 3.05) is 19.6 Å². The van der Waals surface area contributed by atoms with Crippen LogP contribution in [0, 0.1) is 11.3 Å². The van der Waals surface area contributed by atoms with E-state index in [2.05, 4.69) is 18.7 Å². The normalized spacial score (nSPS) is 33.2. The summed E-state index contributed by atoms with van der Waals surface area (Å²) in [7, 11) is 0. The minimum atomic E-state index is 0.334. The van der Waals surface area contributed by atoms with Gasteiger partial charge in [-0.2, -0.15) is 0 Å². The van der Waals surface area contributed by atoms with Gasteiger partial charge in [-0.05, 0) is 44.1 Å². The second kappa shape index (κ2) is 3.82. The highest BCUT2D eigenvalue weighted by atomic mass is 15.1. The van der Waals surface area contributed by atoms with Crippen LogP contribution in [0.25, 0.3) is 0 Å². The Bertz CT molecular complexity index is 196. The third-order valence-corrected chi connectivity index (χ3v) is 4.20. The molecule has 2 heteroatoms. The number of nitrogens with two attached hydrogens (primary N) is 1. The zero-order valence-electron chi connectivity index (χ0n) is 9.63. The first-order chi connectivity index (χ1) is 6.66. The molecule has 1 aliphatic carbocycles. The minimum absolute atomic E-state index is 0.334. The van der Waals surface area contributed by atoms with Crippen molar-refractivity contribution in [1.29, 1.82) is 0 Å². The van der Waals surface area contributed by atoms with Gasteiger partial charge in [-0.25, -0.2) is 0 Å². The van der Waals surface area contributed by atoms with Crippen LogP contribution in [0.15, 0.2) is 0 Å². The lowest BCUT2D eigenvalue weighted by molar-refractivity contribution is 0.0975. The second-order valence-electron chi connectivity index (χ2n) is 5.45. The largest absolute Gasteiger partial charge is 0.327 e. The Hall–Kier alpha value is -0.0800. The molecule has 0 bridgehead atoms. The molecule has 0 aromatic rings. The average molecular weight is 196 g/mol. The molecule has 0 amide bonds. The summed E-state index contributed by atoms with van der Waals surface area (Å²) in [6, 6.07) is 0.334. The fourth-order valence-electron chi connectivity index (χ4n) is 3.14. The highest BCUT2D eigenvalue weighted by Crippen LogP contribution is 2.57. The van der Waals surface area contributed by atoms with E-state index >= 15 is 0 Å². The predicted octanol–water partition coefficient (Wildman–Crippen LogP) is 1.85. The third-order valence-electron chi connectivity index (χ3n) is 4.20. The number of hydrogen-bond donors (Lipinski definition) is 1. The van der Waals surface area contributed by atoms with Gasteiger partial charge in [0.2, 0.25) is 0 Å². The van der Waals surface area contributed by atoms with Crippen molar-refractivity contribution in [3.63, 3.8) is 0 Å². The molecular formula is C12H24N2. The van der Waals surface area contributed by atoms with Crippen molar-refractivity contribution >= 4 is 0 Å². The maximum Gasteiger partial charge on any atom is 0.0139 e. The van der Waals surface area contributed by atoms with Gasteiger partial charge in [0.25, 0.3) is 0 Å². The molecule has 2 nitrogen and oxygen atoms in total. The molecule has 1 heterocycles. The first-order valence-electron chi connectivity index (χ1n) is 6.14. The van der Waals surface area contributed by atoms with Crippen molar-refractivity contribution in [3.8, 4) is 0 Å². The van der Waals surface area contributed by atoms with Crippen molar-refractivity contribution in [3.05, 3.63) is 0 Å². The third kappa shape index (κ3) is 1.96. The zero-order valence-corrected chi connectivity index (χ0v) is 9.63. The van der Waals surface area contributed by atoms with Crippen LogP contribution >= 0.6 is 0 Å². The fraction of sp³-hybridized carbons (Fsp3) is 1.00. The molecule has 2 unspecified atom stereocenters. The van der Waals surface area contributed by atoms with E-state index in [9.17, 15) is 0 Å². The van der Waals surface area contributed by atoms with Gasteiger partial charge in [-0.15, -0.1) is 0 Å². The molecular weight excluding hydrogens is 172 g/mol. The van der Waals surface area contributed by atoms with Crippen LogP contribution in [0.2, 0.25) is 0 Å². The van der Waals surface area contributed by atoms with Crippen molar-refractivity contribution in [2.45, 2.75) is 45.6 Å². The molecule has 82 valence electrons. The summed E-state index contributed by atoms with van der Waals surface area (Å²) in [5, 5.41) is 0. The van der Waals surface area contributed by atoms with Gasteiger partial charge in [-0.1, -0.05) is 13.3 Å². The monoisotopic (exact) mass is 196 g/mol. The second-order valence-corrected chi connectivity index (χ2v) is 5.45. The van der Waals surface area contributed by atoms with Crippen LogP contribution in [-0.2, 0) is 0 Å². The number of rotatable bonds is 3. The summed E-state index contributed by atoms with van der Waals surface area (Å²) in [5.41, 5.74) is 6.63. The summed E-state index contributed by atoms with van der Waals surface area (Å²) in [5.74, 6) is 0.954. The molecule has 0 aromatic heterocycles. The molecule has 0 radical (unpaired) electrons. The molecule has 1 aliphatic heterocycles. The number of nitrogens with zero attached hydrogens (tertiary/aromatic N) is 1. The zero-order chi connectivity index (χ0) is 10.2. The van der Waals surface area contributed by atoms with Gasteiger partial charge in [0, 0.05) is 19.1 Å². The Morgan fingerprint density at radius 1 is 1.43 bits per heavy atom. The maximum atomic E-state index is 5.85. The first-order valence-corrected chi connectivity index (χ1v) is 6.14. The fourth-order valence-corrected chi connectivity index (χ4v) is 3.14. The van der Waals surface area contributed by atoms with Gasteiger partial charge < -0.3 is 10.6 Å². The van der Waals surface area contributed by atoms with Crippen LogP contribution < -0.4 is 5.73 Å². The van der Waals surface area contributed by atoms with Gasteiger partial charge in [0.05, 0.1) is 0 Å². The number of piperidine rings is 1. The summed E-state index contributed by atoms with van der Waals surface area (Å²) in [4.78, 5) is 2.57. The smallest absolute Gasteiger partial charge is 0.0139 e. The van der Waals surface area contributed by atoms with Gasteiger partial charge in [-0.3, -0.25) is 0 Å². The Morgan fingerprint density at radius 3 is 2.64 bits per heavy atom. The van der Waals surface area contributed by atoms with Crippen LogP contribution in [0.1, 0.15) is 39.5 Å². The SMILES string of the molecule is CCC1CN(CC(C)N)CCC12CC2. The summed E-state index contributed by atoms with van der Waals surface area (Å²) < 4.78 is 0. The number of hydrogen-bond acceptors (Lipinski definition) is 2. The quantitative estimate of drug-likeness (QED) is 0.746. The minimum Gasteiger partial charge on any atom is -0.327 e. The Kier molecular flexibility index (Phi) is 2.85.